The van der Waals surface area contributed by atoms with Crippen LogP contribution in [0.1, 0.15) is 16.8 Å². The molecule has 136 valence electrons. The highest BCUT2D eigenvalue weighted by Gasteiger charge is 2.14. The minimum atomic E-state index is -0.103. The van der Waals surface area contributed by atoms with Gasteiger partial charge < -0.3 is 5.84 Å². The molecule has 7 nitrogen and oxygen atoms in total. The van der Waals surface area contributed by atoms with Crippen molar-refractivity contribution in [2.24, 2.45) is 0 Å². The Morgan fingerprint density at radius 1 is 1.11 bits per heavy atom. The lowest BCUT2D eigenvalue weighted by Gasteiger charge is -2.06. The first-order valence-corrected chi connectivity index (χ1v) is 9.40. The summed E-state index contributed by atoms with van der Waals surface area (Å²) in [5, 5.41) is 8.97. The number of hydrogen-bond acceptors (Lipinski definition) is 6. The molecule has 0 atom stereocenters. The standard InChI is InChI=1S/C19H18N6OS/c1-12-7-8-16-21-14(9-17(26)24(16)10-12)11-27-19-23-22-18(25(19)20)15-6-4-3-5-13(15)2/h3-10H,11,20H2,1-2H3. The van der Waals surface area contributed by atoms with Crippen molar-refractivity contribution in [1.82, 2.24) is 24.3 Å². The van der Waals surface area contributed by atoms with Crippen LogP contribution in [0.2, 0.25) is 0 Å². The molecule has 0 aliphatic carbocycles. The van der Waals surface area contributed by atoms with Crippen LogP contribution in [0.4, 0.5) is 0 Å². The Hall–Kier alpha value is -3.13. The number of pyridine rings is 1. The summed E-state index contributed by atoms with van der Waals surface area (Å²) in [6.07, 6.45) is 1.78. The molecule has 8 heteroatoms. The molecule has 0 radical (unpaired) electrons. The Labute approximate surface area is 159 Å². The number of rotatable bonds is 4. The molecule has 4 aromatic rings. The summed E-state index contributed by atoms with van der Waals surface area (Å²) in [6, 6.07) is 13.2. The Balaban J connectivity index is 1.60. The molecule has 0 amide bonds. The maximum atomic E-state index is 12.3. The second-order valence-electron chi connectivity index (χ2n) is 6.30. The maximum absolute atomic E-state index is 12.3. The quantitative estimate of drug-likeness (QED) is 0.433. The van der Waals surface area contributed by atoms with E-state index >= 15 is 0 Å². The van der Waals surface area contributed by atoms with Gasteiger partial charge in [0.25, 0.3) is 5.56 Å². The number of thioether (sulfide) groups is 1. The van der Waals surface area contributed by atoms with Crippen molar-refractivity contribution in [3.8, 4) is 11.4 Å². The number of nitrogens with two attached hydrogens (primary N) is 1. The first-order chi connectivity index (χ1) is 13.0. The summed E-state index contributed by atoms with van der Waals surface area (Å²) in [6.45, 7) is 3.95. The van der Waals surface area contributed by atoms with E-state index in [0.717, 1.165) is 16.7 Å². The number of benzene rings is 1. The molecule has 27 heavy (non-hydrogen) atoms. The Bertz CT molecular complexity index is 1200. The van der Waals surface area contributed by atoms with E-state index < -0.39 is 0 Å². The highest BCUT2D eigenvalue weighted by Crippen LogP contribution is 2.25. The third-order valence-electron chi connectivity index (χ3n) is 4.26. The molecule has 3 aromatic heterocycles. The van der Waals surface area contributed by atoms with Gasteiger partial charge in [-0.05, 0) is 31.0 Å². The van der Waals surface area contributed by atoms with Crippen molar-refractivity contribution in [3.05, 3.63) is 75.8 Å². The van der Waals surface area contributed by atoms with Gasteiger partial charge in [-0.3, -0.25) is 9.20 Å². The normalized spacial score (nSPS) is 11.2. The van der Waals surface area contributed by atoms with E-state index in [9.17, 15) is 4.79 Å². The van der Waals surface area contributed by atoms with E-state index in [-0.39, 0.29) is 5.56 Å². The lowest BCUT2D eigenvalue weighted by Crippen LogP contribution is -2.15. The molecule has 1 aromatic carbocycles. The van der Waals surface area contributed by atoms with Gasteiger partial charge in [0.2, 0.25) is 5.16 Å². The first-order valence-electron chi connectivity index (χ1n) is 8.41. The average Bonchev–Trinajstić information content (AvgIpc) is 3.01. The van der Waals surface area contributed by atoms with Crippen LogP contribution in [0.3, 0.4) is 0 Å². The molecule has 2 N–H and O–H groups in total. The zero-order chi connectivity index (χ0) is 19.0. The van der Waals surface area contributed by atoms with E-state index in [1.54, 1.807) is 16.7 Å². The Kier molecular flexibility index (Phi) is 4.41. The summed E-state index contributed by atoms with van der Waals surface area (Å²) in [7, 11) is 0. The lowest BCUT2D eigenvalue weighted by atomic mass is 10.1. The molecular weight excluding hydrogens is 360 g/mol. The van der Waals surface area contributed by atoms with Crippen molar-refractivity contribution >= 4 is 17.4 Å². The van der Waals surface area contributed by atoms with Gasteiger partial charge in [0.05, 0.1) is 5.69 Å². The highest BCUT2D eigenvalue weighted by molar-refractivity contribution is 7.98. The van der Waals surface area contributed by atoms with Crippen molar-refractivity contribution in [3.63, 3.8) is 0 Å². The first kappa shape index (κ1) is 17.3. The van der Waals surface area contributed by atoms with Crippen LogP contribution >= 0.6 is 11.8 Å². The lowest BCUT2D eigenvalue weighted by molar-refractivity contribution is 0.848. The predicted molar refractivity (Wildman–Crippen MR) is 106 cm³/mol. The van der Waals surface area contributed by atoms with Crippen LogP contribution in [0, 0.1) is 13.8 Å². The predicted octanol–water partition coefficient (Wildman–Crippen LogP) is 2.58. The number of nitrogens with zero attached hydrogens (tertiary/aromatic N) is 5. The van der Waals surface area contributed by atoms with Gasteiger partial charge >= 0.3 is 0 Å². The van der Waals surface area contributed by atoms with Crippen molar-refractivity contribution in [2.45, 2.75) is 24.8 Å². The number of fused-ring (bicyclic) bond motifs is 1. The molecule has 4 rings (SSSR count). The third kappa shape index (κ3) is 3.31. The third-order valence-corrected chi connectivity index (χ3v) is 5.24. The van der Waals surface area contributed by atoms with Crippen LogP contribution in [0.25, 0.3) is 17.0 Å². The average molecular weight is 378 g/mol. The summed E-state index contributed by atoms with van der Waals surface area (Å²) in [5.74, 6) is 7.27. The Morgan fingerprint density at radius 2 is 1.93 bits per heavy atom. The van der Waals surface area contributed by atoms with E-state index in [4.69, 9.17) is 5.84 Å². The molecule has 0 aliphatic rings. The molecule has 0 spiro atoms. The number of aromatic nitrogens is 5. The number of nitrogen functional groups attached to an aromatic ring is 1. The molecule has 0 saturated heterocycles. The van der Waals surface area contributed by atoms with Gasteiger partial charge in [0, 0.05) is 23.6 Å². The van der Waals surface area contributed by atoms with Gasteiger partial charge in [0.1, 0.15) is 5.65 Å². The second kappa shape index (κ2) is 6.88. The van der Waals surface area contributed by atoms with Crippen LogP contribution in [-0.4, -0.2) is 24.3 Å². The molecule has 0 aliphatic heterocycles. The van der Waals surface area contributed by atoms with Crippen LogP contribution in [0.5, 0.6) is 0 Å². The summed E-state index contributed by atoms with van der Waals surface area (Å²) < 4.78 is 3.02. The van der Waals surface area contributed by atoms with E-state index in [1.165, 1.54) is 16.4 Å². The van der Waals surface area contributed by atoms with E-state index in [1.807, 2.05) is 50.2 Å². The molecule has 3 heterocycles. The fourth-order valence-corrected chi connectivity index (χ4v) is 3.60. The van der Waals surface area contributed by atoms with Crippen molar-refractivity contribution in [1.29, 1.82) is 0 Å². The van der Waals surface area contributed by atoms with Gasteiger partial charge in [-0.25, -0.2) is 9.66 Å². The summed E-state index contributed by atoms with van der Waals surface area (Å²) >= 11 is 1.40. The topological polar surface area (TPSA) is 91.1 Å². The summed E-state index contributed by atoms with van der Waals surface area (Å²) in [4.78, 5) is 16.9. The molecule has 0 fully saturated rings. The van der Waals surface area contributed by atoms with Crippen molar-refractivity contribution < 1.29 is 0 Å². The summed E-state index contributed by atoms with van der Waals surface area (Å²) in [5.41, 5.74) is 4.22. The van der Waals surface area contributed by atoms with Gasteiger partial charge in [-0.1, -0.05) is 42.1 Å². The van der Waals surface area contributed by atoms with Crippen LogP contribution in [-0.2, 0) is 5.75 Å². The Morgan fingerprint density at radius 3 is 2.74 bits per heavy atom. The molecule has 0 saturated carbocycles. The van der Waals surface area contributed by atoms with E-state index in [0.29, 0.717) is 28.1 Å². The monoisotopic (exact) mass is 378 g/mol. The zero-order valence-electron chi connectivity index (χ0n) is 15.0. The minimum Gasteiger partial charge on any atom is -0.335 e. The number of hydrogen-bond donors (Lipinski definition) is 1. The number of aryl methyl sites for hydroxylation is 2. The second-order valence-corrected chi connectivity index (χ2v) is 7.24. The minimum absolute atomic E-state index is 0.103. The van der Waals surface area contributed by atoms with Gasteiger partial charge in [0.15, 0.2) is 5.82 Å². The highest BCUT2D eigenvalue weighted by atomic mass is 32.2. The largest absolute Gasteiger partial charge is 0.335 e. The fourth-order valence-electron chi connectivity index (χ4n) is 2.85. The molecular formula is C19H18N6OS. The van der Waals surface area contributed by atoms with Crippen LogP contribution in [0.15, 0.2) is 58.6 Å². The maximum Gasteiger partial charge on any atom is 0.258 e. The zero-order valence-corrected chi connectivity index (χ0v) is 15.8. The fraction of sp³-hybridized carbons (Fsp3) is 0.158. The molecule has 0 unspecified atom stereocenters. The smallest absolute Gasteiger partial charge is 0.258 e. The SMILES string of the molecule is Cc1ccc2nc(CSc3nnc(-c4ccccc4C)n3N)cc(=O)n2c1. The van der Waals surface area contributed by atoms with E-state index in [2.05, 4.69) is 15.2 Å². The van der Waals surface area contributed by atoms with Crippen LogP contribution < -0.4 is 11.4 Å². The molecule has 0 bridgehead atoms. The van der Waals surface area contributed by atoms with Crippen molar-refractivity contribution in [2.75, 3.05) is 5.84 Å². The van der Waals surface area contributed by atoms with Gasteiger partial charge in [-0.15, -0.1) is 10.2 Å². The van der Waals surface area contributed by atoms with Gasteiger partial charge in [-0.2, -0.15) is 0 Å².